The second-order valence-corrected chi connectivity index (χ2v) is 6.32. The second kappa shape index (κ2) is 7.09. The molecule has 1 aromatic rings. The lowest BCUT2D eigenvalue weighted by molar-refractivity contribution is -0.151. The summed E-state index contributed by atoms with van der Waals surface area (Å²) in [5.41, 5.74) is 0.0675. The minimum Gasteiger partial charge on any atom is -0.465 e. The van der Waals surface area contributed by atoms with Gasteiger partial charge < -0.3 is 13.9 Å². The number of hydrogen-bond donors (Lipinski definition) is 0. The van der Waals surface area contributed by atoms with Crippen molar-refractivity contribution in [3.05, 3.63) is 41.4 Å². The first-order valence-electron chi connectivity index (χ1n) is 8.38. The van der Waals surface area contributed by atoms with Gasteiger partial charge in [0.15, 0.2) is 6.61 Å². The molecule has 1 aliphatic carbocycles. The normalized spacial score (nSPS) is 19.5. The molecule has 0 bridgehead atoms. The van der Waals surface area contributed by atoms with Crippen molar-refractivity contribution >= 4 is 23.8 Å². The first kappa shape index (κ1) is 17.2. The van der Waals surface area contributed by atoms with E-state index in [1.54, 1.807) is 19.1 Å². The summed E-state index contributed by atoms with van der Waals surface area (Å²) in [5, 5.41) is 0. The highest BCUT2D eigenvalue weighted by Gasteiger charge is 2.47. The minimum absolute atomic E-state index is 0.0321. The van der Waals surface area contributed by atoms with E-state index in [9.17, 15) is 14.4 Å². The predicted molar refractivity (Wildman–Crippen MR) is 88.3 cm³/mol. The van der Waals surface area contributed by atoms with Crippen molar-refractivity contribution in [2.75, 3.05) is 6.61 Å². The number of hydrogen-bond acceptors (Lipinski definition) is 6. The Labute approximate surface area is 145 Å². The topological polar surface area (TPSA) is 82.8 Å². The van der Waals surface area contributed by atoms with Gasteiger partial charge in [-0.25, -0.2) is 9.59 Å². The Kier molecular flexibility index (Phi) is 4.88. The average Bonchev–Trinajstić information content (AvgIpc) is 3.19. The van der Waals surface area contributed by atoms with Crippen molar-refractivity contribution in [3.8, 4) is 0 Å². The number of ether oxygens (including phenoxy) is 2. The molecule has 1 aliphatic heterocycles. The van der Waals surface area contributed by atoms with E-state index in [0.717, 1.165) is 32.1 Å². The number of esters is 2. The van der Waals surface area contributed by atoms with E-state index in [1.165, 1.54) is 18.4 Å². The lowest BCUT2D eigenvalue weighted by Crippen LogP contribution is -2.33. The quantitative estimate of drug-likeness (QED) is 0.464. The van der Waals surface area contributed by atoms with Gasteiger partial charge in [-0.05, 0) is 56.4 Å². The molecule has 6 nitrogen and oxygen atoms in total. The number of rotatable bonds is 5. The van der Waals surface area contributed by atoms with Gasteiger partial charge in [0.25, 0.3) is 0 Å². The highest BCUT2D eigenvalue weighted by Crippen LogP contribution is 2.43. The molecule has 0 amide bonds. The Balaban J connectivity index is 1.62. The first-order chi connectivity index (χ1) is 12.0. The minimum atomic E-state index is -0.679. The van der Waals surface area contributed by atoms with Crippen molar-refractivity contribution in [2.45, 2.75) is 44.6 Å². The number of carbonyl (C=O) groups excluding carboxylic acids is 3. The largest absolute Gasteiger partial charge is 0.465 e. The van der Waals surface area contributed by atoms with E-state index in [0.29, 0.717) is 11.3 Å². The zero-order chi connectivity index (χ0) is 17.9. The molecule has 2 heterocycles. The maximum atomic E-state index is 12.4. The molecule has 3 rings (SSSR count). The summed E-state index contributed by atoms with van der Waals surface area (Å²) < 4.78 is 15.5. The third kappa shape index (κ3) is 3.57. The fraction of sp³-hybridized carbons (Fsp3) is 0.421. The Morgan fingerprint density at radius 2 is 2.04 bits per heavy atom. The summed E-state index contributed by atoms with van der Waals surface area (Å²) in [7, 11) is 0. The van der Waals surface area contributed by atoms with E-state index in [2.05, 4.69) is 0 Å². The lowest BCUT2D eigenvalue weighted by Gasteiger charge is -2.33. The average molecular weight is 344 g/mol. The van der Waals surface area contributed by atoms with Crippen LogP contribution in [0, 0.1) is 0 Å². The van der Waals surface area contributed by atoms with Crippen LogP contribution in [0.15, 0.2) is 40.0 Å². The zero-order valence-electron chi connectivity index (χ0n) is 14.1. The van der Waals surface area contributed by atoms with Crippen LogP contribution in [0.3, 0.4) is 0 Å². The maximum absolute atomic E-state index is 12.4. The molecule has 6 heteroatoms. The van der Waals surface area contributed by atoms with Crippen LogP contribution in [0.1, 0.15) is 44.8 Å². The Hall–Kier alpha value is -2.63. The van der Waals surface area contributed by atoms with Gasteiger partial charge in [-0.15, -0.1) is 0 Å². The molecule has 1 spiro atoms. The predicted octanol–water partition coefficient (Wildman–Crippen LogP) is 2.98. The second-order valence-electron chi connectivity index (χ2n) is 6.32. The summed E-state index contributed by atoms with van der Waals surface area (Å²) in [6, 6.07) is 3.37. The summed E-state index contributed by atoms with van der Waals surface area (Å²) in [6.45, 7) is 1.28. The molecule has 25 heavy (non-hydrogen) atoms. The number of Topliss-reactive ketones (excluding diaryl/α,β-unsaturated/α-hetero) is 1. The van der Waals surface area contributed by atoms with Crippen LogP contribution in [0.4, 0.5) is 0 Å². The van der Waals surface area contributed by atoms with E-state index in [1.807, 2.05) is 0 Å². The van der Waals surface area contributed by atoms with Gasteiger partial charge in [-0.3, -0.25) is 4.79 Å². The molecule has 1 aromatic heterocycles. The number of furan rings is 1. The van der Waals surface area contributed by atoms with Crippen LogP contribution in [0.5, 0.6) is 0 Å². The lowest BCUT2D eigenvalue weighted by atomic mass is 9.79. The van der Waals surface area contributed by atoms with Crippen molar-refractivity contribution in [2.24, 2.45) is 0 Å². The van der Waals surface area contributed by atoms with Crippen molar-refractivity contribution in [3.63, 3.8) is 0 Å². The van der Waals surface area contributed by atoms with Crippen LogP contribution in [-0.4, -0.2) is 29.9 Å². The van der Waals surface area contributed by atoms with Crippen LogP contribution in [0.25, 0.3) is 6.08 Å². The number of ketones is 1. The number of carbonyl (C=O) groups is 3. The van der Waals surface area contributed by atoms with Gasteiger partial charge in [0.1, 0.15) is 16.9 Å². The summed E-state index contributed by atoms with van der Waals surface area (Å²) in [6.07, 6.45) is 8.63. The zero-order valence-corrected chi connectivity index (χ0v) is 14.1. The van der Waals surface area contributed by atoms with Crippen LogP contribution >= 0.6 is 0 Å². The van der Waals surface area contributed by atoms with Gasteiger partial charge in [0.05, 0.1) is 6.26 Å². The molecular weight excluding hydrogens is 324 g/mol. The molecule has 0 N–H and O–H groups in total. The van der Waals surface area contributed by atoms with Gasteiger partial charge in [0, 0.05) is 6.08 Å². The summed E-state index contributed by atoms with van der Waals surface area (Å²) >= 11 is 0. The third-order valence-corrected chi connectivity index (χ3v) is 4.76. The Bertz CT molecular complexity index is 732. The fourth-order valence-corrected chi connectivity index (χ4v) is 3.40. The molecular formula is C19H20O6. The van der Waals surface area contributed by atoms with Crippen molar-refractivity contribution in [1.29, 1.82) is 0 Å². The Morgan fingerprint density at radius 3 is 2.72 bits per heavy atom. The molecule has 1 saturated carbocycles. The van der Waals surface area contributed by atoms with Crippen molar-refractivity contribution < 1.29 is 28.3 Å². The van der Waals surface area contributed by atoms with Crippen LogP contribution in [0.2, 0.25) is 0 Å². The standard InChI is InChI=1S/C19H20O6/c1-13-17(18(22)25-19(13)9-3-2-4-10-19)15(20)12-24-16(21)8-7-14-6-5-11-23-14/h5-8,11H,2-4,9-10,12H2,1H3/b8-7+. The SMILES string of the molecule is CC1=C(C(=O)COC(=O)/C=C/c2ccco2)C(=O)OC12CCCCC2. The van der Waals surface area contributed by atoms with Gasteiger partial charge in [-0.1, -0.05) is 6.42 Å². The van der Waals surface area contributed by atoms with Gasteiger partial charge >= 0.3 is 11.9 Å². The third-order valence-electron chi connectivity index (χ3n) is 4.76. The summed E-state index contributed by atoms with van der Waals surface area (Å²) in [5.74, 6) is -1.31. The molecule has 0 unspecified atom stereocenters. The first-order valence-corrected chi connectivity index (χ1v) is 8.38. The highest BCUT2D eigenvalue weighted by molar-refractivity contribution is 6.20. The monoisotopic (exact) mass is 344 g/mol. The smallest absolute Gasteiger partial charge is 0.342 e. The van der Waals surface area contributed by atoms with E-state index < -0.39 is 29.9 Å². The van der Waals surface area contributed by atoms with Crippen LogP contribution in [-0.2, 0) is 23.9 Å². The molecule has 0 aromatic carbocycles. The van der Waals surface area contributed by atoms with Crippen molar-refractivity contribution in [1.82, 2.24) is 0 Å². The highest BCUT2D eigenvalue weighted by atomic mass is 16.6. The molecule has 2 aliphatic rings. The molecule has 0 saturated heterocycles. The van der Waals surface area contributed by atoms with Crippen LogP contribution < -0.4 is 0 Å². The van der Waals surface area contributed by atoms with Gasteiger partial charge in [-0.2, -0.15) is 0 Å². The molecule has 0 radical (unpaired) electrons. The van der Waals surface area contributed by atoms with Gasteiger partial charge in [0.2, 0.25) is 5.78 Å². The molecule has 1 fully saturated rings. The maximum Gasteiger partial charge on any atom is 0.342 e. The Morgan fingerprint density at radius 1 is 1.28 bits per heavy atom. The van der Waals surface area contributed by atoms with E-state index in [4.69, 9.17) is 13.9 Å². The molecule has 132 valence electrons. The van der Waals surface area contributed by atoms with E-state index in [-0.39, 0.29) is 5.57 Å². The van der Waals surface area contributed by atoms with E-state index >= 15 is 0 Å². The fourth-order valence-electron chi connectivity index (χ4n) is 3.40. The summed E-state index contributed by atoms with van der Waals surface area (Å²) in [4.78, 5) is 36.2. The molecule has 0 atom stereocenters.